The summed E-state index contributed by atoms with van der Waals surface area (Å²) in [7, 11) is 4.22. The third-order valence-electron chi connectivity index (χ3n) is 3.01. The number of rotatable bonds is 5. The molecule has 0 spiro atoms. The van der Waals surface area contributed by atoms with Gasteiger partial charge in [0.1, 0.15) is 0 Å². The number of hydrogen-bond donors (Lipinski definition) is 1. The maximum Gasteiger partial charge on any atom is 0.0586 e. The van der Waals surface area contributed by atoms with E-state index in [9.17, 15) is 5.11 Å². The van der Waals surface area contributed by atoms with Crippen LogP contribution >= 0.6 is 0 Å². The third-order valence-corrected chi connectivity index (χ3v) is 3.01. The number of aliphatic hydroxyl groups excluding tert-OH is 1. The highest BCUT2D eigenvalue weighted by Crippen LogP contribution is 2.16. The van der Waals surface area contributed by atoms with Crippen LogP contribution in [0.4, 0.5) is 0 Å². The van der Waals surface area contributed by atoms with E-state index in [1.165, 1.54) is 32.2 Å². The second-order valence-electron chi connectivity index (χ2n) is 4.52. The summed E-state index contributed by atoms with van der Waals surface area (Å²) >= 11 is 0. The first-order valence-corrected chi connectivity index (χ1v) is 5.73. The van der Waals surface area contributed by atoms with Gasteiger partial charge in [-0.25, -0.2) is 0 Å². The Morgan fingerprint density at radius 3 is 2.79 bits per heavy atom. The van der Waals surface area contributed by atoms with Crippen molar-refractivity contribution in [1.82, 2.24) is 9.80 Å². The van der Waals surface area contributed by atoms with E-state index in [2.05, 4.69) is 23.9 Å². The molecule has 0 saturated carbocycles. The second-order valence-corrected chi connectivity index (χ2v) is 4.52. The summed E-state index contributed by atoms with van der Waals surface area (Å²) in [5.74, 6) is 0. The van der Waals surface area contributed by atoms with E-state index in [0.717, 1.165) is 13.1 Å². The Balaban J connectivity index is 2.19. The van der Waals surface area contributed by atoms with Gasteiger partial charge in [0.2, 0.25) is 0 Å². The minimum absolute atomic E-state index is 0.335. The van der Waals surface area contributed by atoms with Crippen LogP contribution in [0, 0.1) is 0 Å². The van der Waals surface area contributed by atoms with Crippen LogP contribution < -0.4 is 0 Å². The lowest BCUT2D eigenvalue weighted by Crippen LogP contribution is -2.42. The van der Waals surface area contributed by atoms with E-state index in [1.807, 2.05) is 0 Å². The number of piperidine rings is 1. The van der Waals surface area contributed by atoms with Crippen LogP contribution in [0.15, 0.2) is 0 Å². The van der Waals surface area contributed by atoms with Crippen molar-refractivity contribution in [2.24, 2.45) is 0 Å². The Morgan fingerprint density at radius 1 is 1.36 bits per heavy atom. The molecule has 1 N–H and O–H groups in total. The quantitative estimate of drug-likeness (QED) is 0.710. The van der Waals surface area contributed by atoms with Crippen molar-refractivity contribution in [3.63, 3.8) is 0 Å². The predicted molar refractivity (Wildman–Crippen MR) is 59.5 cm³/mol. The molecule has 1 aliphatic rings. The van der Waals surface area contributed by atoms with E-state index >= 15 is 0 Å². The van der Waals surface area contributed by atoms with Gasteiger partial charge in [-0.3, -0.25) is 4.90 Å². The molecule has 1 fully saturated rings. The molecule has 1 saturated heterocycles. The minimum Gasteiger partial charge on any atom is -0.395 e. The highest BCUT2D eigenvalue weighted by Gasteiger charge is 2.20. The van der Waals surface area contributed by atoms with Gasteiger partial charge in [0.15, 0.2) is 0 Å². The molecule has 0 amide bonds. The zero-order valence-corrected chi connectivity index (χ0v) is 9.58. The zero-order valence-electron chi connectivity index (χ0n) is 9.58. The summed E-state index contributed by atoms with van der Waals surface area (Å²) in [5, 5.41) is 9.22. The van der Waals surface area contributed by atoms with Crippen LogP contribution in [-0.2, 0) is 0 Å². The van der Waals surface area contributed by atoms with Gasteiger partial charge in [-0.05, 0) is 53.0 Å². The Labute approximate surface area is 87.7 Å². The molecule has 1 heterocycles. The van der Waals surface area contributed by atoms with E-state index in [-0.39, 0.29) is 0 Å². The molecule has 14 heavy (non-hydrogen) atoms. The molecule has 1 unspecified atom stereocenters. The summed E-state index contributed by atoms with van der Waals surface area (Å²) in [4.78, 5) is 4.67. The highest BCUT2D eigenvalue weighted by atomic mass is 16.3. The van der Waals surface area contributed by atoms with Crippen molar-refractivity contribution in [1.29, 1.82) is 0 Å². The van der Waals surface area contributed by atoms with Crippen molar-refractivity contribution >= 4 is 0 Å². The molecule has 0 aromatic rings. The van der Waals surface area contributed by atoms with Gasteiger partial charge < -0.3 is 10.0 Å². The minimum atomic E-state index is 0.335. The summed E-state index contributed by atoms with van der Waals surface area (Å²) in [6.07, 6.45) is 4.98. The van der Waals surface area contributed by atoms with Gasteiger partial charge in [0.05, 0.1) is 6.61 Å². The van der Waals surface area contributed by atoms with Gasteiger partial charge in [-0.15, -0.1) is 0 Å². The van der Waals surface area contributed by atoms with Gasteiger partial charge in [-0.2, -0.15) is 0 Å². The van der Waals surface area contributed by atoms with E-state index in [4.69, 9.17) is 0 Å². The molecule has 3 heteroatoms. The molecule has 1 atom stereocenters. The average molecular weight is 200 g/mol. The maximum absolute atomic E-state index is 9.22. The van der Waals surface area contributed by atoms with Crippen molar-refractivity contribution in [3.05, 3.63) is 0 Å². The first-order valence-electron chi connectivity index (χ1n) is 5.73. The Hall–Kier alpha value is -0.120. The summed E-state index contributed by atoms with van der Waals surface area (Å²) < 4.78 is 0. The Kier molecular flexibility index (Phi) is 5.45. The number of nitrogens with zero attached hydrogens (tertiary/aromatic N) is 2. The highest BCUT2D eigenvalue weighted by molar-refractivity contribution is 4.76. The van der Waals surface area contributed by atoms with Crippen LogP contribution in [0.2, 0.25) is 0 Å². The van der Waals surface area contributed by atoms with E-state index < -0.39 is 0 Å². The van der Waals surface area contributed by atoms with Gasteiger partial charge in [-0.1, -0.05) is 6.42 Å². The molecule has 3 nitrogen and oxygen atoms in total. The second kappa shape index (κ2) is 6.38. The monoisotopic (exact) mass is 200 g/mol. The molecule has 84 valence electrons. The van der Waals surface area contributed by atoms with E-state index in [0.29, 0.717) is 12.6 Å². The largest absolute Gasteiger partial charge is 0.395 e. The Morgan fingerprint density at radius 2 is 2.14 bits per heavy atom. The summed E-state index contributed by atoms with van der Waals surface area (Å²) in [5.41, 5.74) is 0. The van der Waals surface area contributed by atoms with Gasteiger partial charge in [0.25, 0.3) is 0 Å². The number of likely N-dealkylation sites (tertiary alicyclic amines) is 1. The SMILES string of the molecule is CN(C)CCCN1CCCCC1CO. The van der Waals surface area contributed by atoms with Crippen molar-refractivity contribution in [2.45, 2.75) is 31.7 Å². The van der Waals surface area contributed by atoms with Crippen LogP contribution in [0.3, 0.4) is 0 Å². The fraction of sp³-hybridized carbons (Fsp3) is 1.00. The Bertz CT molecular complexity index is 150. The van der Waals surface area contributed by atoms with Crippen LogP contribution in [-0.4, -0.2) is 61.3 Å². The lowest BCUT2D eigenvalue weighted by atomic mass is 10.0. The fourth-order valence-electron chi connectivity index (χ4n) is 2.15. The molecule has 0 aliphatic carbocycles. The normalized spacial score (nSPS) is 24.4. The number of hydrogen-bond acceptors (Lipinski definition) is 3. The topological polar surface area (TPSA) is 26.7 Å². The van der Waals surface area contributed by atoms with Crippen molar-refractivity contribution < 1.29 is 5.11 Å². The average Bonchev–Trinajstić information content (AvgIpc) is 2.18. The molecule has 0 radical (unpaired) electrons. The molecular weight excluding hydrogens is 176 g/mol. The number of aliphatic hydroxyl groups is 1. The van der Waals surface area contributed by atoms with E-state index in [1.54, 1.807) is 0 Å². The van der Waals surface area contributed by atoms with Gasteiger partial charge >= 0.3 is 0 Å². The molecule has 1 aliphatic heterocycles. The third kappa shape index (κ3) is 3.95. The van der Waals surface area contributed by atoms with Crippen LogP contribution in [0.1, 0.15) is 25.7 Å². The first-order chi connectivity index (χ1) is 6.74. The zero-order chi connectivity index (χ0) is 10.4. The molecule has 0 aromatic carbocycles. The smallest absolute Gasteiger partial charge is 0.0586 e. The molecule has 0 bridgehead atoms. The molecule has 0 aromatic heterocycles. The van der Waals surface area contributed by atoms with Gasteiger partial charge in [0, 0.05) is 6.04 Å². The van der Waals surface area contributed by atoms with Crippen molar-refractivity contribution in [3.8, 4) is 0 Å². The summed E-state index contributed by atoms with van der Waals surface area (Å²) in [6, 6.07) is 0.436. The standard InChI is InChI=1S/C11H24N2O/c1-12(2)7-5-9-13-8-4-3-6-11(13)10-14/h11,14H,3-10H2,1-2H3. The molecule has 1 rings (SSSR count). The predicted octanol–water partition coefficient (Wildman–Crippen LogP) is 0.785. The lowest BCUT2D eigenvalue weighted by Gasteiger charge is -2.34. The lowest BCUT2D eigenvalue weighted by molar-refractivity contribution is 0.0874. The fourth-order valence-corrected chi connectivity index (χ4v) is 2.15. The van der Waals surface area contributed by atoms with Crippen LogP contribution in [0.5, 0.6) is 0 Å². The van der Waals surface area contributed by atoms with Crippen molar-refractivity contribution in [2.75, 3.05) is 40.3 Å². The molecular formula is C11H24N2O. The maximum atomic E-state index is 9.22. The summed E-state index contributed by atoms with van der Waals surface area (Å²) in [6.45, 7) is 3.80. The first kappa shape index (κ1) is 12.0. The van der Waals surface area contributed by atoms with Crippen LogP contribution in [0.25, 0.3) is 0 Å².